The van der Waals surface area contributed by atoms with E-state index in [1.54, 1.807) is 31.4 Å². The summed E-state index contributed by atoms with van der Waals surface area (Å²) in [5.74, 6) is 2.19. The van der Waals surface area contributed by atoms with Crippen molar-refractivity contribution in [1.82, 2.24) is 24.2 Å². The zero-order valence-electron chi connectivity index (χ0n) is 17.5. The van der Waals surface area contributed by atoms with E-state index in [9.17, 15) is 9.59 Å². The van der Waals surface area contributed by atoms with Gasteiger partial charge >= 0.3 is 0 Å². The molecule has 2 atom stereocenters. The van der Waals surface area contributed by atoms with Crippen LogP contribution >= 0.6 is 0 Å². The summed E-state index contributed by atoms with van der Waals surface area (Å²) in [6, 6.07) is 10.9. The Balaban J connectivity index is 1.29. The normalized spacial score (nSPS) is 19.6. The summed E-state index contributed by atoms with van der Waals surface area (Å²) < 4.78 is 8.90. The van der Waals surface area contributed by atoms with Crippen molar-refractivity contribution in [2.45, 2.75) is 13.0 Å². The molecule has 0 unspecified atom stereocenters. The number of methoxy groups -OCH3 is 1. The summed E-state index contributed by atoms with van der Waals surface area (Å²) in [7, 11) is 3.48. The molecule has 0 bridgehead atoms. The van der Waals surface area contributed by atoms with Crippen LogP contribution in [-0.4, -0.2) is 56.2 Å². The molecule has 1 N–H and O–H groups in total. The molecule has 4 heterocycles. The lowest BCUT2D eigenvalue weighted by Gasteiger charge is -2.25. The first-order valence-electron chi connectivity index (χ1n) is 10.3. The summed E-state index contributed by atoms with van der Waals surface area (Å²) in [4.78, 5) is 27.6. The fourth-order valence-corrected chi connectivity index (χ4v) is 4.56. The molecule has 9 heteroatoms. The van der Waals surface area contributed by atoms with Gasteiger partial charge in [-0.05, 0) is 48.2 Å². The van der Waals surface area contributed by atoms with E-state index in [4.69, 9.17) is 4.74 Å². The highest BCUT2D eigenvalue weighted by Crippen LogP contribution is 2.33. The lowest BCUT2D eigenvalue weighted by molar-refractivity contribution is 0.0773. The predicted octanol–water partition coefficient (Wildman–Crippen LogP) is 1.82. The fraction of sp³-hybridized carbons (Fsp3) is 0.364. The lowest BCUT2D eigenvalue weighted by Crippen LogP contribution is -2.31. The third-order valence-electron chi connectivity index (χ3n) is 6.27. The number of anilines is 1. The zero-order chi connectivity index (χ0) is 21.5. The zero-order valence-corrected chi connectivity index (χ0v) is 17.5. The topological polar surface area (TPSA) is 94.3 Å². The van der Waals surface area contributed by atoms with Crippen LogP contribution in [-0.2, 0) is 20.0 Å². The molecule has 1 saturated heterocycles. The molecule has 0 spiro atoms. The Bertz CT molecular complexity index is 1130. The van der Waals surface area contributed by atoms with E-state index in [0.29, 0.717) is 49.2 Å². The quantitative estimate of drug-likeness (QED) is 0.695. The monoisotopic (exact) mass is 420 g/mol. The van der Waals surface area contributed by atoms with E-state index in [-0.39, 0.29) is 17.7 Å². The Morgan fingerprint density at radius 1 is 1.06 bits per heavy atom. The maximum absolute atomic E-state index is 12.9. The Morgan fingerprint density at radius 2 is 1.84 bits per heavy atom. The fourth-order valence-electron chi connectivity index (χ4n) is 4.56. The van der Waals surface area contributed by atoms with E-state index in [1.807, 2.05) is 39.4 Å². The second-order valence-electron chi connectivity index (χ2n) is 8.17. The van der Waals surface area contributed by atoms with Crippen molar-refractivity contribution in [1.29, 1.82) is 0 Å². The first-order chi connectivity index (χ1) is 15.0. The van der Waals surface area contributed by atoms with Crippen LogP contribution < -0.4 is 10.1 Å². The number of nitrogens with zero attached hydrogens (tertiary/aromatic N) is 5. The number of ether oxygens (including phenoxy) is 1. The van der Waals surface area contributed by atoms with E-state index >= 15 is 0 Å². The van der Waals surface area contributed by atoms with Crippen molar-refractivity contribution >= 4 is 17.5 Å². The van der Waals surface area contributed by atoms with Gasteiger partial charge in [-0.3, -0.25) is 9.59 Å². The minimum Gasteiger partial charge on any atom is -0.497 e. The van der Waals surface area contributed by atoms with Gasteiger partial charge in [-0.2, -0.15) is 0 Å². The summed E-state index contributed by atoms with van der Waals surface area (Å²) >= 11 is 0. The molecule has 31 heavy (non-hydrogen) atoms. The van der Waals surface area contributed by atoms with Crippen LogP contribution in [0.2, 0.25) is 0 Å². The Morgan fingerprint density at radius 3 is 2.55 bits per heavy atom. The van der Waals surface area contributed by atoms with Gasteiger partial charge in [0.25, 0.3) is 11.8 Å². The van der Waals surface area contributed by atoms with E-state index in [2.05, 4.69) is 15.5 Å². The number of fused-ring (bicyclic) bond motifs is 2. The number of nitrogens with one attached hydrogen (secondary N) is 1. The van der Waals surface area contributed by atoms with Gasteiger partial charge in [0.15, 0.2) is 0 Å². The summed E-state index contributed by atoms with van der Waals surface area (Å²) in [5.41, 5.74) is 1.36. The molecule has 2 aliphatic rings. The number of benzene rings is 1. The second kappa shape index (κ2) is 7.57. The molecule has 0 radical (unpaired) electrons. The Hall–Kier alpha value is -3.62. The molecule has 9 nitrogen and oxygen atoms in total. The number of hydrogen-bond acceptors (Lipinski definition) is 5. The first-order valence-corrected chi connectivity index (χ1v) is 10.3. The van der Waals surface area contributed by atoms with Crippen LogP contribution in [0, 0.1) is 11.8 Å². The Labute approximate surface area is 179 Å². The molecule has 0 aliphatic carbocycles. The molecule has 2 aromatic heterocycles. The lowest BCUT2D eigenvalue weighted by atomic mass is 9.89. The SMILES string of the molecule is COc1ccc(NC(=O)c2nnc3n2C[C@H]2CN(C(=O)c4cccn4C)C[C@H]2C3)cc1. The molecule has 2 aliphatic heterocycles. The summed E-state index contributed by atoms with van der Waals surface area (Å²) in [6.07, 6.45) is 2.59. The minimum absolute atomic E-state index is 0.0511. The van der Waals surface area contributed by atoms with Crippen LogP contribution in [0.4, 0.5) is 5.69 Å². The molecule has 160 valence electrons. The highest BCUT2D eigenvalue weighted by Gasteiger charge is 2.41. The third-order valence-corrected chi connectivity index (χ3v) is 6.27. The number of carbonyl (C=O) groups excluding carboxylic acids is 2. The number of aromatic nitrogens is 4. The van der Waals surface area contributed by atoms with Gasteiger partial charge < -0.3 is 24.1 Å². The molecule has 1 fully saturated rings. The number of rotatable bonds is 4. The van der Waals surface area contributed by atoms with Crippen molar-refractivity contribution in [3.05, 3.63) is 59.9 Å². The highest BCUT2D eigenvalue weighted by molar-refractivity contribution is 6.01. The van der Waals surface area contributed by atoms with Crippen LogP contribution in [0.25, 0.3) is 0 Å². The van der Waals surface area contributed by atoms with Gasteiger partial charge in [0.05, 0.1) is 7.11 Å². The molecule has 2 amide bonds. The van der Waals surface area contributed by atoms with Gasteiger partial charge in [-0.1, -0.05) is 0 Å². The Kier molecular flexibility index (Phi) is 4.72. The predicted molar refractivity (Wildman–Crippen MR) is 113 cm³/mol. The molecule has 0 saturated carbocycles. The average Bonchev–Trinajstić information content (AvgIpc) is 3.49. The first kappa shape index (κ1) is 19.3. The van der Waals surface area contributed by atoms with Gasteiger partial charge in [-0.15, -0.1) is 10.2 Å². The largest absolute Gasteiger partial charge is 0.497 e. The van der Waals surface area contributed by atoms with E-state index < -0.39 is 0 Å². The van der Waals surface area contributed by atoms with Gasteiger partial charge in [0, 0.05) is 45.0 Å². The minimum atomic E-state index is -0.294. The maximum Gasteiger partial charge on any atom is 0.293 e. The van der Waals surface area contributed by atoms with Crippen LogP contribution in [0.3, 0.4) is 0 Å². The third kappa shape index (κ3) is 3.45. The van der Waals surface area contributed by atoms with Gasteiger partial charge in [-0.25, -0.2) is 0 Å². The standard InChI is InChI=1S/C22H24N6O3/c1-26-9-3-4-18(26)22(30)27-11-14-10-19-24-25-20(28(19)13-15(14)12-27)21(29)23-16-5-7-17(31-2)8-6-16/h3-9,14-15H,10-13H2,1-2H3,(H,23,29)/t14-,15-/m1/s1. The number of carbonyl (C=O) groups is 2. The summed E-state index contributed by atoms with van der Waals surface area (Å²) in [6.45, 7) is 2.01. The number of likely N-dealkylation sites (tertiary alicyclic amines) is 1. The van der Waals surface area contributed by atoms with Gasteiger partial charge in [0.1, 0.15) is 17.3 Å². The van der Waals surface area contributed by atoms with Crippen molar-refractivity contribution in [3.8, 4) is 5.75 Å². The second-order valence-corrected chi connectivity index (χ2v) is 8.17. The molecular weight excluding hydrogens is 396 g/mol. The summed E-state index contributed by atoms with van der Waals surface area (Å²) in [5, 5.41) is 11.3. The number of amides is 2. The van der Waals surface area contributed by atoms with Crippen molar-refractivity contribution in [2.75, 3.05) is 25.5 Å². The molecular formula is C22H24N6O3. The van der Waals surface area contributed by atoms with Crippen molar-refractivity contribution in [2.24, 2.45) is 18.9 Å². The molecule has 5 rings (SSSR count). The smallest absolute Gasteiger partial charge is 0.293 e. The van der Waals surface area contributed by atoms with E-state index in [1.165, 1.54) is 0 Å². The number of aryl methyl sites for hydroxylation is 1. The maximum atomic E-state index is 12.9. The van der Waals surface area contributed by atoms with Crippen LogP contribution in [0.1, 0.15) is 26.9 Å². The average molecular weight is 420 g/mol. The highest BCUT2D eigenvalue weighted by atomic mass is 16.5. The van der Waals surface area contributed by atoms with E-state index in [0.717, 1.165) is 11.6 Å². The van der Waals surface area contributed by atoms with Crippen molar-refractivity contribution in [3.63, 3.8) is 0 Å². The number of hydrogen-bond donors (Lipinski definition) is 1. The molecule has 1 aromatic carbocycles. The van der Waals surface area contributed by atoms with Crippen LogP contribution in [0.5, 0.6) is 5.75 Å². The molecule has 3 aromatic rings. The van der Waals surface area contributed by atoms with Crippen LogP contribution in [0.15, 0.2) is 42.6 Å². The van der Waals surface area contributed by atoms with Crippen molar-refractivity contribution < 1.29 is 14.3 Å². The van der Waals surface area contributed by atoms with Gasteiger partial charge in [0.2, 0.25) is 5.82 Å².